The van der Waals surface area contributed by atoms with Crippen LogP contribution in [0.1, 0.15) is 61.6 Å². The Morgan fingerprint density at radius 3 is 2.75 bits per heavy atom. The van der Waals surface area contributed by atoms with Crippen LogP contribution in [0.5, 0.6) is 5.75 Å². The summed E-state index contributed by atoms with van der Waals surface area (Å²) in [5, 5.41) is 21.7. The minimum absolute atomic E-state index is 0.00902. The summed E-state index contributed by atoms with van der Waals surface area (Å²) in [6.45, 7) is 2.37. The van der Waals surface area contributed by atoms with E-state index in [9.17, 15) is 10.2 Å². The van der Waals surface area contributed by atoms with Crippen molar-refractivity contribution >= 4 is 15.9 Å². The number of fused-ring (bicyclic) bond motifs is 5. The number of rotatable bonds is 2. The van der Waals surface area contributed by atoms with Gasteiger partial charge < -0.3 is 10.2 Å². The van der Waals surface area contributed by atoms with Crippen molar-refractivity contribution in [1.82, 2.24) is 0 Å². The largest absolute Gasteiger partial charge is 0.508 e. The zero-order valence-electron chi connectivity index (χ0n) is 16.5. The number of phenolic OH excluding ortho intramolecular Hbond substituents is 1. The van der Waals surface area contributed by atoms with Gasteiger partial charge in [0.25, 0.3) is 0 Å². The molecule has 28 heavy (non-hydrogen) atoms. The van der Waals surface area contributed by atoms with Gasteiger partial charge in [-0.15, -0.1) is 0 Å². The molecule has 2 nitrogen and oxygen atoms in total. The van der Waals surface area contributed by atoms with Crippen LogP contribution in [0.3, 0.4) is 0 Å². The highest BCUT2D eigenvalue weighted by molar-refractivity contribution is 9.10. The monoisotopic (exact) mass is 440 g/mol. The third-order valence-corrected chi connectivity index (χ3v) is 8.91. The quantitative estimate of drug-likeness (QED) is 0.602. The Kier molecular flexibility index (Phi) is 4.41. The summed E-state index contributed by atoms with van der Waals surface area (Å²) in [5.41, 5.74) is 3.40. The maximum atomic E-state index is 11.9. The van der Waals surface area contributed by atoms with Crippen molar-refractivity contribution in [2.45, 2.75) is 63.4 Å². The fourth-order valence-corrected chi connectivity index (χ4v) is 7.40. The van der Waals surface area contributed by atoms with Gasteiger partial charge in [-0.3, -0.25) is 0 Å². The Labute approximate surface area is 176 Å². The second kappa shape index (κ2) is 6.60. The zero-order valence-corrected chi connectivity index (χ0v) is 18.1. The number of hydrogen-bond donors (Lipinski definition) is 2. The molecular formula is C25H29BrO2. The first kappa shape index (κ1) is 18.7. The highest BCUT2D eigenvalue weighted by atomic mass is 79.9. The lowest BCUT2D eigenvalue weighted by Gasteiger charge is -2.53. The SMILES string of the molecule is C[C@]12CC[C@@H]3c4ccc(O)cc4CC[C@H]3[C@@H]1CC[C@@]2(O)Cc1cccc(Br)c1. The molecule has 0 saturated heterocycles. The molecule has 2 aromatic carbocycles. The van der Waals surface area contributed by atoms with E-state index in [1.54, 1.807) is 0 Å². The highest BCUT2D eigenvalue weighted by Crippen LogP contribution is 2.64. The van der Waals surface area contributed by atoms with Gasteiger partial charge in [-0.25, -0.2) is 0 Å². The minimum atomic E-state index is -0.612. The summed E-state index contributed by atoms with van der Waals surface area (Å²) >= 11 is 3.58. The van der Waals surface area contributed by atoms with Gasteiger partial charge in [0.15, 0.2) is 0 Å². The summed E-state index contributed by atoms with van der Waals surface area (Å²) in [6, 6.07) is 14.4. The van der Waals surface area contributed by atoms with Crippen molar-refractivity contribution in [3.05, 3.63) is 63.6 Å². The average Bonchev–Trinajstić information content (AvgIpc) is 2.92. The molecule has 2 aromatic rings. The molecule has 2 saturated carbocycles. The molecule has 0 amide bonds. The van der Waals surface area contributed by atoms with Crippen LogP contribution in [0, 0.1) is 17.3 Å². The topological polar surface area (TPSA) is 40.5 Å². The Morgan fingerprint density at radius 1 is 1.07 bits per heavy atom. The molecule has 0 aliphatic heterocycles. The number of benzene rings is 2. The third kappa shape index (κ3) is 2.77. The summed E-state index contributed by atoms with van der Waals surface area (Å²) in [5.74, 6) is 2.23. The number of aryl methyl sites for hydroxylation is 1. The van der Waals surface area contributed by atoms with Crippen LogP contribution in [0.15, 0.2) is 46.9 Å². The molecule has 5 atom stereocenters. The van der Waals surface area contributed by atoms with Gasteiger partial charge in [-0.1, -0.05) is 41.1 Å². The van der Waals surface area contributed by atoms with E-state index in [2.05, 4.69) is 53.2 Å². The van der Waals surface area contributed by atoms with E-state index >= 15 is 0 Å². The Balaban J connectivity index is 1.45. The first-order valence-corrected chi connectivity index (χ1v) is 11.5. The molecule has 3 aliphatic rings. The van der Waals surface area contributed by atoms with E-state index in [-0.39, 0.29) is 5.41 Å². The molecule has 148 valence electrons. The van der Waals surface area contributed by atoms with Gasteiger partial charge >= 0.3 is 0 Å². The van der Waals surface area contributed by atoms with Gasteiger partial charge in [0.2, 0.25) is 0 Å². The van der Waals surface area contributed by atoms with Crippen LogP contribution in [-0.2, 0) is 12.8 Å². The molecular weight excluding hydrogens is 412 g/mol. The predicted octanol–water partition coefficient (Wildman–Crippen LogP) is 5.98. The first-order chi connectivity index (χ1) is 13.4. The van der Waals surface area contributed by atoms with Gasteiger partial charge in [-0.2, -0.15) is 0 Å². The van der Waals surface area contributed by atoms with E-state index in [0.717, 1.165) is 43.0 Å². The summed E-state index contributed by atoms with van der Waals surface area (Å²) in [4.78, 5) is 0. The third-order valence-electron chi connectivity index (χ3n) is 8.42. The second-order valence-electron chi connectivity index (χ2n) is 9.63. The number of hydrogen-bond acceptors (Lipinski definition) is 2. The average molecular weight is 441 g/mol. The number of phenols is 1. The van der Waals surface area contributed by atoms with Crippen LogP contribution in [-0.4, -0.2) is 15.8 Å². The zero-order chi connectivity index (χ0) is 19.5. The van der Waals surface area contributed by atoms with Crippen molar-refractivity contribution in [3.63, 3.8) is 0 Å². The molecule has 0 heterocycles. The van der Waals surface area contributed by atoms with Gasteiger partial charge in [0.05, 0.1) is 5.60 Å². The van der Waals surface area contributed by atoms with Crippen LogP contribution in [0.2, 0.25) is 0 Å². The van der Waals surface area contributed by atoms with Gasteiger partial charge in [0, 0.05) is 10.9 Å². The number of aliphatic hydroxyl groups is 1. The van der Waals surface area contributed by atoms with Crippen LogP contribution in [0.4, 0.5) is 0 Å². The van der Waals surface area contributed by atoms with Crippen molar-refractivity contribution in [1.29, 1.82) is 0 Å². The molecule has 2 fully saturated rings. The lowest BCUT2D eigenvalue weighted by molar-refractivity contribution is -0.102. The lowest BCUT2D eigenvalue weighted by atomic mass is 9.53. The molecule has 0 spiro atoms. The highest BCUT2D eigenvalue weighted by Gasteiger charge is 2.61. The summed E-state index contributed by atoms with van der Waals surface area (Å²) in [6.07, 6.45) is 7.28. The first-order valence-electron chi connectivity index (χ1n) is 10.7. The van der Waals surface area contributed by atoms with E-state index in [1.807, 2.05) is 12.1 Å². The molecule has 2 N–H and O–H groups in total. The lowest BCUT2D eigenvalue weighted by Crippen LogP contribution is -2.51. The summed E-state index contributed by atoms with van der Waals surface area (Å²) in [7, 11) is 0. The summed E-state index contributed by atoms with van der Waals surface area (Å²) < 4.78 is 1.09. The second-order valence-corrected chi connectivity index (χ2v) is 10.5. The van der Waals surface area contributed by atoms with E-state index in [1.165, 1.54) is 23.1 Å². The normalized spacial score (nSPS) is 36.5. The minimum Gasteiger partial charge on any atom is -0.508 e. The molecule has 3 heteroatoms. The van der Waals surface area contributed by atoms with Crippen LogP contribution < -0.4 is 0 Å². The van der Waals surface area contributed by atoms with Crippen LogP contribution in [0.25, 0.3) is 0 Å². The van der Waals surface area contributed by atoms with Crippen LogP contribution >= 0.6 is 15.9 Å². The molecule has 0 unspecified atom stereocenters. The molecule has 0 bridgehead atoms. The van der Waals surface area contributed by atoms with E-state index in [0.29, 0.717) is 23.5 Å². The molecule has 0 aromatic heterocycles. The Hall–Kier alpha value is -1.32. The van der Waals surface area contributed by atoms with E-state index in [4.69, 9.17) is 0 Å². The standard InChI is InChI=1S/C25H29BrO2/c1-24-11-9-21-20-8-6-19(27)14-17(20)5-7-22(21)23(24)10-12-25(24,28)15-16-3-2-4-18(26)13-16/h2-4,6,8,13-14,21-23,27-28H,5,7,9-12,15H2,1H3/t21-,22-,23+,24+,25-/m1/s1. The van der Waals surface area contributed by atoms with Gasteiger partial charge in [-0.05, 0) is 103 Å². The van der Waals surface area contributed by atoms with Crippen molar-refractivity contribution < 1.29 is 10.2 Å². The van der Waals surface area contributed by atoms with Crippen molar-refractivity contribution in [2.75, 3.05) is 0 Å². The van der Waals surface area contributed by atoms with E-state index < -0.39 is 5.60 Å². The molecule has 5 rings (SSSR count). The Morgan fingerprint density at radius 2 is 1.93 bits per heavy atom. The smallest absolute Gasteiger partial charge is 0.115 e. The maximum absolute atomic E-state index is 11.9. The van der Waals surface area contributed by atoms with Crippen molar-refractivity contribution in [3.8, 4) is 5.75 Å². The molecule has 0 radical (unpaired) electrons. The predicted molar refractivity (Wildman–Crippen MR) is 116 cm³/mol. The molecule has 3 aliphatic carbocycles. The fourth-order valence-electron chi connectivity index (χ4n) is 6.95. The van der Waals surface area contributed by atoms with Crippen molar-refractivity contribution in [2.24, 2.45) is 17.3 Å². The van der Waals surface area contributed by atoms with Gasteiger partial charge in [0.1, 0.15) is 5.75 Å². The fraction of sp³-hybridized carbons (Fsp3) is 0.520. The number of halogens is 1. The maximum Gasteiger partial charge on any atom is 0.115 e. The number of aromatic hydroxyl groups is 1. The Bertz CT molecular complexity index is 909.